The van der Waals surface area contributed by atoms with E-state index in [9.17, 15) is 10.2 Å². The second-order valence-electron chi connectivity index (χ2n) is 27.2. The Labute approximate surface area is 497 Å². The maximum absolute atomic E-state index is 15.7. The minimum absolute atomic E-state index is 0.0363. The molecule has 0 aromatic heterocycles. The molecule has 4 aromatic carbocycles. The van der Waals surface area contributed by atoms with Gasteiger partial charge in [-0.1, -0.05) is 105 Å². The number of aromatic hydroxyl groups is 1. The SMILES string of the molecule is CC[C@H](/C=C1\OC(=O)C2=C3c4cc(O)ccc4-c4cccc(c4)[C@@H]4/C=C/[C@]56CCC7=C(C(=O)OC7=CC[C@]7([C@@H]8CCN[C@H](NC)C8)CC[C@@H](C7)[C@@H](NC[C@H](C)O)c7cc(cc(CNC8CCCC8)c7)CCN4)[C@@H]5[C@]21CC[C@@H]36)Cc1ccccc1. The minimum Gasteiger partial charge on any atom is -0.508 e. The van der Waals surface area contributed by atoms with Crippen LogP contribution in [-0.4, -0.2) is 67.1 Å². The predicted molar refractivity (Wildman–Crippen MR) is 330 cm³/mol. The number of carbonyl (C=O) groups is 2. The van der Waals surface area contributed by atoms with Gasteiger partial charge in [0.05, 0.1) is 29.3 Å². The number of allylic oxidation sites excluding steroid dienone is 6. The minimum atomic E-state index is -0.985. The number of fused-ring (bicyclic) bond motifs is 9. The van der Waals surface area contributed by atoms with Crippen molar-refractivity contribution in [3.8, 4) is 16.9 Å². The van der Waals surface area contributed by atoms with Gasteiger partial charge in [-0.15, -0.1) is 0 Å². The van der Waals surface area contributed by atoms with Crippen molar-refractivity contribution < 1.29 is 29.3 Å². The first kappa shape index (κ1) is 55.9. The molecule has 4 aromatic rings. The Morgan fingerprint density at radius 2 is 1.68 bits per heavy atom. The molecule has 2 saturated heterocycles. The molecular weight excluding hydrogens is 1040 g/mol. The lowest BCUT2D eigenvalue weighted by atomic mass is 9.38. The van der Waals surface area contributed by atoms with Crippen LogP contribution < -0.4 is 26.6 Å². The van der Waals surface area contributed by atoms with Crippen LogP contribution in [0.3, 0.4) is 0 Å². The average molecular weight is 1130 g/mol. The van der Waals surface area contributed by atoms with E-state index < -0.39 is 22.9 Å². The zero-order valence-electron chi connectivity index (χ0n) is 49.6. The number of piperidine rings is 1. The van der Waals surface area contributed by atoms with Crippen LogP contribution in [0, 0.1) is 45.8 Å². The third-order valence-corrected chi connectivity index (χ3v) is 22.5. The fourth-order valence-electron chi connectivity index (χ4n) is 18.6. The molecule has 0 unspecified atom stereocenters. The summed E-state index contributed by atoms with van der Waals surface area (Å²) in [6.45, 7) is 7.09. The molecule has 5 aliphatic heterocycles. The van der Waals surface area contributed by atoms with E-state index in [1.54, 1.807) is 6.07 Å². The molecule has 84 heavy (non-hydrogen) atoms. The number of hydrogen-bond donors (Lipinski definition) is 7. The molecule has 11 nitrogen and oxygen atoms in total. The number of aliphatic hydroxyl groups excluding tert-OH is 1. The van der Waals surface area contributed by atoms with Crippen LogP contribution in [0.4, 0.5) is 0 Å². The van der Waals surface area contributed by atoms with Crippen LogP contribution in [-0.2, 0) is 38.4 Å². The summed E-state index contributed by atoms with van der Waals surface area (Å²) < 4.78 is 13.7. The fraction of sp³-hybridized carbons (Fsp3) is 0.507. The molecule has 11 heteroatoms. The van der Waals surface area contributed by atoms with E-state index in [0.29, 0.717) is 60.9 Å². The smallest absolute Gasteiger partial charge is 0.340 e. The van der Waals surface area contributed by atoms with E-state index in [4.69, 9.17) is 9.47 Å². The summed E-state index contributed by atoms with van der Waals surface area (Å²) in [6, 6.07) is 32.9. The van der Waals surface area contributed by atoms with E-state index in [2.05, 4.69) is 138 Å². The number of aliphatic hydroxyl groups is 1. The molecule has 5 heterocycles. The molecule has 12 aliphatic rings. The van der Waals surface area contributed by atoms with Crippen molar-refractivity contribution in [1.82, 2.24) is 26.6 Å². The standard InChI is InChI=1S/C73H87N5O6/c1-4-45(33-46-11-6-5-7-12-46)37-62-73-30-21-59-64(66(73)70(82)84-62)58-40-55(80)17-18-56(58)49-13-10-14-50(38-49)60-22-29-72(59)28-20-57-61(83-69(81)65(57)68(72)73)23-27-71(53-25-32-76-63(39-53)74-3)26-19-51(41-71)67(78-42-44(2)79)52-35-47(24-31-75-60)34-48(36-52)43-77-54-15-8-9-16-54/h5-7,10-14,17-18,22-23,29,34-38,40,44-45,51,53-54,59-60,63,67-68,74-80H,4,8-9,15-16,19-21,24-28,30-33,39,41-43H2,1-3H3/b29-22+,61-23?,62-37-/t44-,45-,51-,53+,59-,60-,63-,67+,68-,71+,72-,73-/m0/s1. The van der Waals surface area contributed by atoms with E-state index in [0.717, 1.165) is 123 Å². The third-order valence-electron chi connectivity index (χ3n) is 22.5. The number of phenolic OH excluding ortho intramolecular Hbond substituents is 1. The van der Waals surface area contributed by atoms with Gasteiger partial charge < -0.3 is 46.3 Å². The number of rotatable bonds is 12. The number of cyclic esters (lactones) is 1. The van der Waals surface area contributed by atoms with Gasteiger partial charge in [-0.05, 0) is 226 Å². The first-order chi connectivity index (χ1) is 41.0. The monoisotopic (exact) mass is 1130 g/mol. The van der Waals surface area contributed by atoms with Gasteiger partial charge in [0.25, 0.3) is 0 Å². The second kappa shape index (κ2) is 22.7. The molecule has 5 fully saturated rings. The first-order valence-corrected chi connectivity index (χ1v) is 32.4. The second-order valence-corrected chi connectivity index (χ2v) is 27.2. The Morgan fingerprint density at radius 3 is 2.51 bits per heavy atom. The molecule has 7 N–H and O–H groups in total. The summed E-state index contributed by atoms with van der Waals surface area (Å²) in [4.78, 5) is 31.3. The summed E-state index contributed by atoms with van der Waals surface area (Å²) in [7, 11) is 2.07. The number of esters is 2. The van der Waals surface area contributed by atoms with Gasteiger partial charge >= 0.3 is 11.9 Å². The number of phenols is 1. The van der Waals surface area contributed by atoms with E-state index in [1.807, 2.05) is 19.1 Å². The van der Waals surface area contributed by atoms with E-state index in [-0.39, 0.29) is 53.2 Å². The van der Waals surface area contributed by atoms with Gasteiger partial charge in [0.15, 0.2) is 0 Å². The van der Waals surface area contributed by atoms with Crippen molar-refractivity contribution >= 4 is 17.5 Å². The Balaban J connectivity index is 0.979. The number of benzene rings is 4. The van der Waals surface area contributed by atoms with Crippen molar-refractivity contribution in [3.05, 3.63) is 177 Å². The van der Waals surface area contributed by atoms with Crippen LogP contribution >= 0.6 is 0 Å². The normalized spacial score (nSPS) is 33.2. The summed E-state index contributed by atoms with van der Waals surface area (Å²) in [6.07, 6.45) is 25.5. The topological polar surface area (TPSA) is 153 Å². The Morgan fingerprint density at radius 1 is 0.810 bits per heavy atom. The summed E-state index contributed by atoms with van der Waals surface area (Å²) >= 11 is 0. The number of ether oxygens (including phenoxy) is 2. The van der Waals surface area contributed by atoms with Crippen LogP contribution in [0.5, 0.6) is 5.75 Å². The highest BCUT2D eigenvalue weighted by molar-refractivity contribution is 6.08. The van der Waals surface area contributed by atoms with Gasteiger partial charge in [-0.3, -0.25) is 0 Å². The van der Waals surface area contributed by atoms with Gasteiger partial charge in [0.1, 0.15) is 17.3 Å². The Hall–Kier alpha value is -5.92. The van der Waals surface area contributed by atoms with E-state index >= 15 is 9.59 Å². The average Bonchev–Trinajstić information content (AvgIpc) is 1.37. The summed E-state index contributed by atoms with van der Waals surface area (Å²) in [5.41, 5.74) is 10.8. The zero-order valence-corrected chi connectivity index (χ0v) is 49.6. The summed E-state index contributed by atoms with van der Waals surface area (Å²) in [5.74, 6) is 1.07. The highest BCUT2D eigenvalue weighted by Gasteiger charge is 2.73. The number of carbonyl (C=O) groups excluding carboxylic acids is 2. The van der Waals surface area contributed by atoms with Crippen molar-refractivity contribution in [2.45, 2.75) is 160 Å². The molecule has 7 aliphatic carbocycles. The molecule has 440 valence electrons. The van der Waals surface area contributed by atoms with Crippen molar-refractivity contribution in [2.24, 2.45) is 45.8 Å². The quantitative estimate of drug-likeness (QED) is 0.0536. The lowest BCUT2D eigenvalue weighted by molar-refractivity contribution is -0.135. The van der Waals surface area contributed by atoms with Crippen LogP contribution in [0.1, 0.15) is 156 Å². The highest BCUT2D eigenvalue weighted by atomic mass is 16.6. The molecule has 3 saturated carbocycles. The van der Waals surface area contributed by atoms with Crippen LogP contribution in [0.15, 0.2) is 144 Å². The molecule has 0 amide bonds. The number of nitrogens with one attached hydrogen (secondary N) is 5. The molecule has 2 spiro atoms. The van der Waals surface area contributed by atoms with Crippen molar-refractivity contribution in [3.63, 3.8) is 0 Å². The van der Waals surface area contributed by atoms with Gasteiger partial charge in [-0.25, -0.2) is 9.59 Å². The van der Waals surface area contributed by atoms with Crippen LogP contribution in [0.2, 0.25) is 0 Å². The molecule has 16 rings (SSSR count). The number of hydrogen-bond acceptors (Lipinski definition) is 11. The lowest BCUT2D eigenvalue weighted by Crippen LogP contribution is -2.58. The highest BCUT2D eigenvalue weighted by Crippen LogP contribution is 2.77. The maximum atomic E-state index is 15.7. The van der Waals surface area contributed by atoms with Gasteiger partial charge in [0, 0.05) is 54.2 Å². The van der Waals surface area contributed by atoms with Crippen molar-refractivity contribution in [2.75, 3.05) is 26.7 Å². The lowest BCUT2D eigenvalue weighted by Gasteiger charge is -2.62. The molecule has 12 atom stereocenters. The third kappa shape index (κ3) is 9.81. The Kier molecular flexibility index (Phi) is 15.1. The zero-order chi connectivity index (χ0) is 57.3. The van der Waals surface area contributed by atoms with Gasteiger partial charge in [-0.2, -0.15) is 0 Å². The fourth-order valence-corrected chi connectivity index (χ4v) is 18.6. The predicted octanol–water partition coefficient (Wildman–Crippen LogP) is 12.3. The first-order valence-electron chi connectivity index (χ1n) is 32.4. The van der Waals surface area contributed by atoms with Gasteiger partial charge in [0.2, 0.25) is 0 Å². The molecular formula is C73H87N5O6. The van der Waals surface area contributed by atoms with Crippen molar-refractivity contribution in [1.29, 1.82) is 0 Å². The maximum Gasteiger partial charge on any atom is 0.340 e. The summed E-state index contributed by atoms with van der Waals surface area (Å²) in [5, 5.41) is 42.0. The van der Waals surface area contributed by atoms with Crippen LogP contribution in [0.25, 0.3) is 16.7 Å². The largest absolute Gasteiger partial charge is 0.508 e. The molecule has 14 bridgehead atoms. The van der Waals surface area contributed by atoms with E-state index in [1.165, 1.54) is 47.9 Å². The molecule has 0 radical (unpaired) electrons. The Bertz CT molecular complexity index is 3370.